The number of carbonyl (C=O) groups is 2. The van der Waals surface area contributed by atoms with Gasteiger partial charge in [0.1, 0.15) is 12.7 Å². The Morgan fingerprint density at radius 1 is 1.26 bits per heavy atom. The molecule has 3 aromatic rings. The Kier molecular flexibility index (Phi) is 5.46. The highest BCUT2D eigenvalue weighted by Crippen LogP contribution is 2.36. The molecule has 0 spiro atoms. The molecular formula is C19H17F2N5O5. The molecule has 0 aliphatic carbocycles. The predicted octanol–water partition coefficient (Wildman–Crippen LogP) is 1.57. The highest BCUT2D eigenvalue weighted by atomic mass is 19.1. The van der Waals surface area contributed by atoms with Gasteiger partial charge in [0.15, 0.2) is 35.5 Å². The topological polar surface area (TPSA) is 131 Å². The number of nitrogen functional groups attached to an aromatic ring is 1. The van der Waals surface area contributed by atoms with Crippen molar-refractivity contribution in [3.8, 4) is 0 Å². The van der Waals surface area contributed by atoms with E-state index in [1.807, 2.05) is 0 Å². The molecule has 0 bridgehead atoms. The average Bonchev–Trinajstić information content (AvgIpc) is 3.28. The fraction of sp³-hybridized carbons (Fsp3) is 0.316. The van der Waals surface area contributed by atoms with E-state index in [1.165, 1.54) is 0 Å². The number of hydrogen-bond acceptors (Lipinski definition) is 9. The molecule has 162 valence electrons. The smallest absolute Gasteiger partial charge is 0.338 e. The highest BCUT2D eigenvalue weighted by molar-refractivity contribution is 5.89. The first-order valence-corrected chi connectivity index (χ1v) is 9.19. The average molecular weight is 433 g/mol. The summed E-state index contributed by atoms with van der Waals surface area (Å²) < 4.78 is 45.9. The van der Waals surface area contributed by atoms with E-state index in [0.29, 0.717) is 5.56 Å². The van der Waals surface area contributed by atoms with Crippen molar-refractivity contribution in [1.29, 1.82) is 0 Å². The molecule has 2 N–H and O–H groups in total. The quantitative estimate of drug-likeness (QED) is 0.470. The molecule has 31 heavy (non-hydrogen) atoms. The van der Waals surface area contributed by atoms with E-state index in [0.717, 1.165) is 17.8 Å². The summed E-state index contributed by atoms with van der Waals surface area (Å²) in [5.41, 5.74) is 5.88. The second kappa shape index (κ2) is 8.22. The Morgan fingerprint density at radius 3 is 2.71 bits per heavy atom. The normalized spacial score (nSPS) is 23.1. The van der Waals surface area contributed by atoms with Crippen LogP contribution in [0.5, 0.6) is 0 Å². The first kappa shape index (κ1) is 20.6. The van der Waals surface area contributed by atoms with Gasteiger partial charge in [-0.25, -0.2) is 14.2 Å². The summed E-state index contributed by atoms with van der Waals surface area (Å²) in [6.45, 7) is 0.726. The molecule has 2 aromatic heterocycles. The maximum atomic E-state index is 15.2. The van der Waals surface area contributed by atoms with Gasteiger partial charge in [0.25, 0.3) is 0 Å². The number of carbonyl (C=O) groups excluding carboxylic acids is 2. The van der Waals surface area contributed by atoms with E-state index in [2.05, 4.69) is 15.0 Å². The molecule has 1 saturated heterocycles. The number of ether oxygens (including phenoxy) is 3. The van der Waals surface area contributed by atoms with Gasteiger partial charge >= 0.3 is 18.0 Å². The number of esters is 2. The fourth-order valence-corrected chi connectivity index (χ4v) is 3.30. The molecule has 4 atom stereocenters. The molecule has 0 amide bonds. The lowest BCUT2D eigenvalue weighted by Crippen LogP contribution is -2.36. The van der Waals surface area contributed by atoms with Gasteiger partial charge in [-0.05, 0) is 12.1 Å². The van der Waals surface area contributed by atoms with Crippen LogP contribution in [0, 0.1) is 6.08 Å². The van der Waals surface area contributed by atoms with Gasteiger partial charge in [0.05, 0.1) is 11.9 Å². The third-order valence-corrected chi connectivity index (χ3v) is 4.65. The maximum absolute atomic E-state index is 15.2. The van der Waals surface area contributed by atoms with E-state index < -0.39 is 42.6 Å². The number of nitrogens with two attached hydrogens (primary N) is 1. The monoisotopic (exact) mass is 433 g/mol. The second-order valence-electron chi connectivity index (χ2n) is 6.75. The number of imidazole rings is 1. The largest absolute Gasteiger partial charge is 0.459 e. The molecule has 1 aliphatic heterocycles. The van der Waals surface area contributed by atoms with Gasteiger partial charge in [-0.1, -0.05) is 18.2 Å². The number of benzene rings is 1. The molecule has 4 rings (SSSR count). The van der Waals surface area contributed by atoms with E-state index in [9.17, 15) is 14.0 Å². The standard InChI is InChI=1S/C19H17F2N5O5/c1-9(27)30-14-11(7-29-18(28)10-5-3-2-4-6-10)31-17(12(14)20)26-8-23-13-15(22)24-19(21)25-16(13)26/h2-6,8,11-12,14,17H,7H2,1H3,(H2,22,24,25)/t11-,12+,14-,17-/m1/s1. The van der Waals surface area contributed by atoms with E-state index in [-0.39, 0.29) is 23.6 Å². The zero-order valence-corrected chi connectivity index (χ0v) is 16.1. The molecule has 0 unspecified atom stereocenters. The lowest BCUT2D eigenvalue weighted by molar-refractivity contribution is -0.152. The third kappa shape index (κ3) is 4.01. The first-order chi connectivity index (χ1) is 14.8. The number of hydrogen-bond donors (Lipinski definition) is 1. The Labute approximate surface area is 173 Å². The minimum Gasteiger partial charge on any atom is -0.459 e. The van der Waals surface area contributed by atoms with Crippen LogP contribution in [0.25, 0.3) is 11.2 Å². The van der Waals surface area contributed by atoms with E-state index in [4.69, 9.17) is 19.9 Å². The van der Waals surface area contributed by atoms with Crippen LogP contribution >= 0.6 is 0 Å². The Balaban J connectivity index is 1.58. The maximum Gasteiger partial charge on any atom is 0.338 e. The molecule has 1 fully saturated rings. The summed E-state index contributed by atoms with van der Waals surface area (Å²) in [7, 11) is 0. The van der Waals surface area contributed by atoms with Crippen molar-refractivity contribution >= 4 is 28.9 Å². The van der Waals surface area contributed by atoms with Crippen LogP contribution in [0.1, 0.15) is 23.5 Å². The zero-order chi connectivity index (χ0) is 22.1. The van der Waals surface area contributed by atoms with Crippen LogP contribution < -0.4 is 5.73 Å². The molecule has 12 heteroatoms. The summed E-state index contributed by atoms with van der Waals surface area (Å²) in [4.78, 5) is 34.6. The van der Waals surface area contributed by atoms with Gasteiger partial charge in [-0.2, -0.15) is 14.4 Å². The molecule has 0 radical (unpaired) electrons. The number of alkyl halides is 1. The summed E-state index contributed by atoms with van der Waals surface area (Å²) >= 11 is 0. The van der Waals surface area contributed by atoms with Gasteiger partial charge in [-0.15, -0.1) is 0 Å². The van der Waals surface area contributed by atoms with Gasteiger partial charge in [0, 0.05) is 6.92 Å². The number of nitrogens with zero attached hydrogens (tertiary/aromatic N) is 4. The molecule has 10 nitrogen and oxygen atoms in total. The summed E-state index contributed by atoms with van der Waals surface area (Å²) in [5.74, 6) is -1.62. The Hall–Kier alpha value is -3.67. The molecule has 1 aliphatic rings. The zero-order valence-electron chi connectivity index (χ0n) is 16.1. The summed E-state index contributed by atoms with van der Waals surface area (Å²) in [6, 6.07) is 8.17. The lowest BCUT2D eigenvalue weighted by atomic mass is 10.1. The Morgan fingerprint density at radius 2 is 2.00 bits per heavy atom. The third-order valence-electron chi connectivity index (χ3n) is 4.65. The van der Waals surface area contributed by atoms with Crippen LogP contribution in [0.2, 0.25) is 0 Å². The van der Waals surface area contributed by atoms with Gasteiger partial charge in [-0.3, -0.25) is 9.36 Å². The van der Waals surface area contributed by atoms with Gasteiger partial charge in [0.2, 0.25) is 0 Å². The van der Waals surface area contributed by atoms with Gasteiger partial charge < -0.3 is 19.9 Å². The van der Waals surface area contributed by atoms with Crippen molar-refractivity contribution in [3.05, 3.63) is 48.3 Å². The highest BCUT2D eigenvalue weighted by Gasteiger charge is 2.49. The van der Waals surface area contributed by atoms with Crippen molar-refractivity contribution in [1.82, 2.24) is 19.5 Å². The number of anilines is 1. The van der Waals surface area contributed by atoms with Crippen LogP contribution in [0.3, 0.4) is 0 Å². The number of aromatic nitrogens is 4. The summed E-state index contributed by atoms with van der Waals surface area (Å²) in [6.07, 6.45) is -5.74. The Bertz CT molecular complexity index is 1130. The molecule has 1 aromatic carbocycles. The SMILES string of the molecule is CC(=O)O[C@H]1[C@H](F)[C@H](n2cnc3c(N)nc(F)nc32)O[C@@H]1COC(=O)c1ccccc1. The molecule has 3 heterocycles. The van der Waals surface area contributed by atoms with Crippen LogP contribution in [-0.2, 0) is 19.0 Å². The van der Waals surface area contributed by atoms with Crippen molar-refractivity contribution < 1.29 is 32.6 Å². The molecular weight excluding hydrogens is 416 g/mol. The van der Waals surface area contributed by atoms with Crippen molar-refractivity contribution in [2.75, 3.05) is 12.3 Å². The molecule has 0 saturated carbocycles. The van der Waals surface area contributed by atoms with Crippen molar-refractivity contribution in [2.24, 2.45) is 0 Å². The first-order valence-electron chi connectivity index (χ1n) is 9.19. The van der Waals surface area contributed by atoms with E-state index in [1.54, 1.807) is 30.3 Å². The number of fused-ring (bicyclic) bond motifs is 1. The van der Waals surface area contributed by atoms with Crippen LogP contribution in [-0.4, -0.2) is 56.4 Å². The van der Waals surface area contributed by atoms with Crippen LogP contribution in [0.4, 0.5) is 14.6 Å². The predicted molar refractivity (Wildman–Crippen MR) is 101 cm³/mol. The number of rotatable bonds is 5. The minimum atomic E-state index is -1.89. The second-order valence-corrected chi connectivity index (χ2v) is 6.75. The lowest BCUT2D eigenvalue weighted by Gasteiger charge is -2.18. The number of halogens is 2. The van der Waals surface area contributed by atoms with Crippen molar-refractivity contribution in [2.45, 2.75) is 31.5 Å². The summed E-state index contributed by atoms with van der Waals surface area (Å²) in [5, 5.41) is 0. The van der Waals surface area contributed by atoms with Crippen molar-refractivity contribution in [3.63, 3.8) is 0 Å². The minimum absolute atomic E-state index is 0.0557. The van der Waals surface area contributed by atoms with E-state index >= 15 is 4.39 Å². The van der Waals surface area contributed by atoms with Crippen LogP contribution in [0.15, 0.2) is 36.7 Å². The fourth-order valence-electron chi connectivity index (χ4n) is 3.30.